The van der Waals surface area contributed by atoms with E-state index >= 15 is 0 Å². The molecule has 3 rings (SSSR count). The van der Waals surface area contributed by atoms with Gasteiger partial charge in [-0.15, -0.1) is 12.4 Å². The van der Waals surface area contributed by atoms with Crippen molar-refractivity contribution >= 4 is 40.1 Å². The van der Waals surface area contributed by atoms with E-state index in [0.29, 0.717) is 0 Å². The molecule has 2 heterocycles. The Hall–Kier alpha value is -1.59. The van der Waals surface area contributed by atoms with Gasteiger partial charge in [-0.25, -0.2) is 4.98 Å². The molecule has 0 N–H and O–H groups in total. The van der Waals surface area contributed by atoms with E-state index in [2.05, 4.69) is 25.8 Å². The number of aromatic nitrogens is 1. The molecule has 1 aliphatic heterocycles. The quantitative estimate of drug-likeness (QED) is 0.800. The molecule has 0 radical (unpaired) electrons. The van der Waals surface area contributed by atoms with Crippen LogP contribution in [0.4, 0.5) is 5.82 Å². The minimum absolute atomic E-state index is 0. The Morgan fingerprint density at radius 2 is 1.68 bits per heavy atom. The molecule has 116 valence electrons. The van der Waals surface area contributed by atoms with Crippen molar-refractivity contribution in [2.24, 2.45) is 0 Å². The zero-order valence-electron chi connectivity index (χ0n) is 12.0. The Balaban J connectivity index is 0.00000176. The Bertz CT molecular complexity index is 630. The summed E-state index contributed by atoms with van der Waals surface area (Å²) in [5.41, 5.74) is 0.726. The van der Waals surface area contributed by atoms with Crippen molar-refractivity contribution in [1.29, 1.82) is 0 Å². The predicted octanol–water partition coefficient (Wildman–Crippen LogP) is 3.23. The van der Waals surface area contributed by atoms with E-state index in [4.69, 9.17) is 0 Å². The van der Waals surface area contributed by atoms with Gasteiger partial charge in [-0.3, -0.25) is 4.79 Å². The van der Waals surface area contributed by atoms with Crippen molar-refractivity contribution in [2.75, 3.05) is 31.1 Å². The van der Waals surface area contributed by atoms with Crippen LogP contribution in [-0.2, 0) is 0 Å². The molecule has 1 aliphatic rings. The second kappa shape index (κ2) is 7.61. The summed E-state index contributed by atoms with van der Waals surface area (Å²) in [6.07, 6.45) is 1.80. The molecule has 4 nitrogen and oxygen atoms in total. The number of hydrogen-bond acceptors (Lipinski definition) is 3. The summed E-state index contributed by atoms with van der Waals surface area (Å²) in [4.78, 5) is 21.0. The van der Waals surface area contributed by atoms with E-state index in [9.17, 15) is 4.79 Å². The Morgan fingerprint density at radius 3 is 2.32 bits per heavy atom. The van der Waals surface area contributed by atoms with E-state index in [1.54, 1.807) is 6.20 Å². The highest BCUT2D eigenvalue weighted by Gasteiger charge is 2.23. The third-order valence-corrected chi connectivity index (χ3v) is 4.34. The summed E-state index contributed by atoms with van der Waals surface area (Å²) >= 11 is 3.44. The van der Waals surface area contributed by atoms with Crippen LogP contribution in [0.15, 0.2) is 53.1 Å². The van der Waals surface area contributed by atoms with Gasteiger partial charge in [-0.1, -0.05) is 18.2 Å². The van der Waals surface area contributed by atoms with Crippen molar-refractivity contribution in [2.45, 2.75) is 0 Å². The molecule has 6 heteroatoms. The number of carbonyl (C=O) groups excluding carboxylic acids is 1. The van der Waals surface area contributed by atoms with Crippen LogP contribution in [0.3, 0.4) is 0 Å². The van der Waals surface area contributed by atoms with Gasteiger partial charge in [0, 0.05) is 36.8 Å². The van der Waals surface area contributed by atoms with Gasteiger partial charge < -0.3 is 9.80 Å². The fourth-order valence-corrected chi connectivity index (χ4v) is 2.94. The number of anilines is 1. The number of piperazine rings is 1. The summed E-state index contributed by atoms with van der Waals surface area (Å²) in [5.74, 6) is 1.06. The second-order valence-corrected chi connectivity index (χ2v) is 5.80. The van der Waals surface area contributed by atoms with Crippen LogP contribution in [0.2, 0.25) is 0 Å². The van der Waals surface area contributed by atoms with Gasteiger partial charge in [0.2, 0.25) is 0 Å². The van der Waals surface area contributed by atoms with Gasteiger partial charge in [0.25, 0.3) is 5.91 Å². The number of halogens is 2. The maximum atomic E-state index is 12.5. The van der Waals surface area contributed by atoms with E-state index in [1.165, 1.54) is 0 Å². The second-order valence-electron chi connectivity index (χ2n) is 4.95. The van der Waals surface area contributed by atoms with Crippen molar-refractivity contribution < 1.29 is 4.79 Å². The Kier molecular flexibility index (Phi) is 5.80. The fourth-order valence-electron chi connectivity index (χ4n) is 2.48. The van der Waals surface area contributed by atoms with Crippen LogP contribution < -0.4 is 4.90 Å². The topological polar surface area (TPSA) is 36.4 Å². The lowest BCUT2D eigenvalue weighted by molar-refractivity contribution is 0.0745. The largest absolute Gasteiger partial charge is 0.353 e. The number of hydrogen-bond donors (Lipinski definition) is 0. The smallest absolute Gasteiger partial charge is 0.255 e. The third kappa shape index (κ3) is 3.59. The van der Waals surface area contributed by atoms with Gasteiger partial charge in [-0.05, 0) is 40.2 Å². The van der Waals surface area contributed by atoms with Crippen molar-refractivity contribution in [3.05, 3.63) is 58.7 Å². The summed E-state index contributed by atoms with van der Waals surface area (Å²) in [6.45, 7) is 3.06. The highest BCUT2D eigenvalue weighted by atomic mass is 79.9. The van der Waals surface area contributed by atoms with E-state index in [1.807, 2.05) is 47.4 Å². The molecule has 1 fully saturated rings. The lowest BCUT2D eigenvalue weighted by atomic mass is 10.2. The van der Waals surface area contributed by atoms with Gasteiger partial charge in [0.1, 0.15) is 5.82 Å². The number of rotatable bonds is 2. The van der Waals surface area contributed by atoms with E-state index < -0.39 is 0 Å². The van der Waals surface area contributed by atoms with Crippen LogP contribution in [-0.4, -0.2) is 42.0 Å². The first-order valence-electron chi connectivity index (χ1n) is 6.95. The lowest BCUT2D eigenvalue weighted by Crippen LogP contribution is -2.49. The van der Waals surface area contributed by atoms with Crippen LogP contribution >= 0.6 is 28.3 Å². The van der Waals surface area contributed by atoms with Crippen LogP contribution in [0.5, 0.6) is 0 Å². The fraction of sp³-hybridized carbons (Fsp3) is 0.250. The Morgan fingerprint density at radius 1 is 1.00 bits per heavy atom. The van der Waals surface area contributed by atoms with E-state index in [-0.39, 0.29) is 18.3 Å². The molecule has 0 atom stereocenters. The maximum absolute atomic E-state index is 12.5. The molecule has 22 heavy (non-hydrogen) atoms. The molecule has 1 aromatic carbocycles. The SMILES string of the molecule is Cl.O=C(c1ccccc1Br)N1CCN(c2ccccn2)CC1. The molecule has 0 unspecified atom stereocenters. The lowest BCUT2D eigenvalue weighted by Gasteiger charge is -2.35. The molecule has 1 saturated heterocycles. The first-order chi connectivity index (χ1) is 10.3. The summed E-state index contributed by atoms with van der Waals surface area (Å²) in [7, 11) is 0. The third-order valence-electron chi connectivity index (χ3n) is 3.64. The van der Waals surface area contributed by atoms with Gasteiger partial charge >= 0.3 is 0 Å². The molecule has 0 aliphatic carbocycles. The molecule has 1 amide bonds. The molecule has 0 bridgehead atoms. The first-order valence-corrected chi connectivity index (χ1v) is 7.75. The van der Waals surface area contributed by atoms with Crippen molar-refractivity contribution in [1.82, 2.24) is 9.88 Å². The number of pyridine rings is 1. The maximum Gasteiger partial charge on any atom is 0.255 e. The normalized spacial score (nSPS) is 14.4. The summed E-state index contributed by atoms with van der Waals surface area (Å²) in [6, 6.07) is 13.5. The molecule has 1 aromatic heterocycles. The Labute approximate surface area is 144 Å². The molecule has 0 spiro atoms. The first kappa shape index (κ1) is 16.8. The number of carbonyl (C=O) groups is 1. The van der Waals surface area contributed by atoms with Gasteiger partial charge in [0.05, 0.1) is 5.56 Å². The predicted molar refractivity (Wildman–Crippen MR) is 93.7 cm³/mol. The van der Waals surface area contributed by atoms with Crippen molar-refractivity contribution in [3.8, 4) is 0 Å². The van der Waals surface area contributed by atoms with Crippen LogP contribution in [0, 0.1) is 0 Å². The van der Waals surface area contributed by atoms with E-state index in [0.717, 1.165) is 42.0 Å². The highest BCUT2D eigenvalue weighted by molar-refractivity contribution is 9.10. The van der Waals surface area contributed by atoms with Crippen molar-refractivity contribution in [3.63, 3.8) is 0 Å². The molecular formula is C16H17BrClN3O. The molecular weight excluding hydrogens is 366 g/mol. The number of amides is 1. The summed E-state index contributed by atoms with van der Waals surface area (Å²) < 4.78 is 0.849. The molecule has 2 aromatic rings. The average molecular weight is 383 g/mol. The number of nitrogens with zero attached hydrogens (tertiary/aromatic N) is 3. The minimum Gasteiger partial charge on any atom is -0.353 e. The minimum atomic E-state index is 0. The van der Waals surface area contributed by atoms with Gasteiger partial charge in [-0.2, -0.15) is 0 Å². The average Bonchev–Trinajstić information content (AvgIpc) is 2.56. The van der Waals surface area contributed by atoms with Crippen LogP contribution in [0.25, 0.3) is 0 Å². The number of benzene rings is 1. The highest BCUT2D eigenvalue weighted by Crippen LogP contribution is 2.19. The van der Waals surface area contributed by atoms with Crippen LogP contribution in [0.1, 0.15) is 10.4 Å². The zero-order valence-corrected chi connectivity index (χ0v) is 14.4. The molecule has 0 saturated carbocycles. The zero-order chi connectivity index (χ0) is 14.7. The monoisotopic (exact) mass is 381 g/mol. The van der Waals surface area contributed by atoms with Gasteiger partial charge in [0.15, 0.2) is 0 Å². The summed E-state index contributed by atoms with van der Waals surface area (Å²) in [5, 5.41) is 0. The standard InChI is InChI=1S/C16H16BrN3O.ClH/c17-14-6-2-1-5-13(14)16(21)20-11-9-19(10-12-20)15-7-3-4-8-18-15;/h1-8H,9-12H2;1H.